The predicted octanol–water partition coefficient (Wildman–Crippen LogP) is 0.401. The van der Waals surface area contributed by atoms with Gasteiger partial charge >= 0.3 is 0 Å². The van der Waals surface area contributed by atoms with Crippen molar-refractivity contribution < 1.29 is 14.3 Å². The topological polar surface area (TPSA) is 90.6 Å². The largest absolute Gasteiger partial charge is 0.366 e. The van der Waals surface area contributed by atoms with Gasteiger partial charge in [0.05, 0.1) is 24.2 Å². The van der Waals surface area contributed by atoms with Crippen molar-refractivity contribution in [3.63, 3.8) is 0 Å². The number of amides is 2. The van der Waals surface area contributed by atoms with Gasteiger partial charge in [0.15, 0.2) is 0 Å². The number of nitrogens with one attached hydrogen (secondary N) is 2. The number of hydrogen-bond donors (Lipinski definition) is 2. The van der Waals surface area contributed by atoms with Crippen molar-refractivity contribution in [3.8, 4) is 0 Å². The summed E-state index contributed by atoms with van der Waals surface area (Å²) < 4.78 is 5.65. The molecule has 2 amide bonds. The molecule has 2 N–H and O–H groups in total. The zero-order valence-electron chi connectivity index (χ0n) is 16.3. The molecule has 1 aromatic heterocycles. The van der Waals surface area contributed by atoms with E-state index in [1.807, 2.05) is 4.90 Å². The molecule has 0 radical (unpaired) electrons. The molecule has 1 aromatic rings. The van der Waals surface area contributed by atoms with E-state index in [1.54, 1.807) is 6.33 Å². The van der Waals surface area contributed by atoms with Gasteiger partial charge in [0, 0.05) is 50.8 Å². The lowest BCUT2D eigenvalue weighted by molar-refractivity contribution is -0.154. The molecule has 8 nitrogen and oxygen atoms in total. The van der Waals surface area contributed by atoms with Crippen molar-refractivity contribution in [1.29, 1.82) is 0 Å². The fourth-order valence-corrected chi connectivity index (χ4v) is 5.21. The van der Waals surface area contributed by atoms with Crippen molar-refractivity contribution in [2.45, 2.75) is 50.2 Å². The SMILES string of the molecule is O=C([C@@H]1CNCCO1)N1CCC2(CC1)c1nc[nH]c1CCN2C(=O)C1CCC1. The smallest absolute Gasteiger partial charge is 0.253 e. The lowest BCUT2D eigenvalue weighted by atomic mass is 9.76. The van der Waals surface area contributed by atoms with Crippen LogP contribution in [0.25, 0.3) is 0 Å². The van der Waals surface area contributed by atoms with Crippen LogP contribution in [-0.4, -0.2) is 77.0 Å². The Kier molecular flexibility index (Phi) is 4.63. The average molecular weight is 387 g/mol. The number of hydrogen-bond acceptors (Lipinski definition) is 5. The maximum Gasteiger partial charge on any atom is 0.253 e. The van der Waals surface area contributed by atoms with E-state index in [0.29, 0.717) is 32.1 Å². The van der Waals surface area contributed by atoms with Crippen LogP contribution in [0.15, 0.2) is 6.33 Å². The maximum atomic E-state index is 13.2. The van der Waals surface area contributed by atoms with Crippen LogP contribution in [-0.2, 0) is 26.3 Å². The van der Waals surface area contributed by atoms with Gasteiger partial charge in [-0.3, -0.25) is 9.59 Å². The number of carbonyl (C=O) groups excluding carboxylic acids is 2. The molecule has 152 valence electrons. The van der Waals surface area contributed by atoms with Crippen molar-refractivity contribution in [2.24, 2.45) is 5.92 Å². The van der Waals surface area contributed by atoms with Gasteiger partial charge in [-0.2, -0.15) is 0 Å². The molecular weight excluding hydrogens is 358 g/mol. The van der Waals surface area contributed by atoms with E-state index in [2.05, 4.69) is 20.2 Å². The first-order valence-electron chi connectivity index (χ1n) is 10.6. The highest BCUT2D eigenvalue weighted by molar-refractivity contribution is 5.82. The molecule has 1 atom stereocenters. The monoisotopic (exact) mass is 387 g/mol. The van der Waals surface area contributed by atoms with Crippen LogP contribution < -0.4 is 5.32 Å². The van der Waals surface area contributed by atoms with Crippen LogP contribution >= 0.6 is 0 Å². The first-order chi connectivity index (χ1) is 13.7. The van der Waals surface area contributed by atoms with E-state index in [4.69, 9.17) is 4.74 Å². The van der Waals surface area contributed by atoms with Crippen molar-refractivity contribution in [2.75, 3.05) is 39.3 Å². The van der Waals surface area contributed by atoms with Crippen LogP contribution in [0.3, 0.4) is 0 Å². The summed E-state index contributed by atoms with van der Waals surface area (Å²) in [5.74, 6) is 0.537. The number of nitrogens with zero attached hydrogens (tertiary/aromatic N) is 3. The van der Waals surface area contributed by atoms with Gasteiger partial charge in [0.2, 0.25) is 5.91 Å². The normalized spacial score (nSPS) is 27.4. The van der Waals surface area contributed by atoms with Gasteiger partial charge < -0.3 is 24.8 Å². The summed E-state index contributed by atoms with van der Waals surface area (Å²) in [5, 5.41) is 3.23. The number of imidazole rings is 1. The Morgan fingerprint density at radius 1 is 1.18 bits per heavy atom. The van der Waals surface area contributed by atoms with E-state index >= 15 is 0 Å². The molecule has 4 aliphatic rings. The van der Waals surface area contributed by atoms with Crippen LogP contribution in [0.2, 0.25) is 0 Å². The minimum atomic E-state index is -0.386. The second-order valence-corrected chi connectivity index (χ2v) is 8.52. The summed E-state index contributed by atoms with van der Waals surface area (Å²) in [7, 11) is 0. The second kappa shape index (κ2) is 7.15. The van der Waals surface area contributed by atoms with Crippen molar-refractivity contribution in [1.82, 2.24) is 25.1 Å². The molecule has 3 fully saturated rings. The molecule has 28 heavy (non-hydrogen) atoms. The molecular formula is C20H29N5O3. The van der Waals surface area contributed by atoms with Crippen LogP contribution in [0.1, 0.15) is 43.5 Å². The number of ether oxygens (including phenoxy) is 1. The molecule has 5 rings (SSSR count). The van der Waals surface area contributed by atoms with E-state index in [-0.39, 0.29) is 23.5 Å². The molecule has 8 heteroatoms. The summed E-state index contributed by atoms with van der Waals surface area (Å²) in [4.78, 5) is 38.0. The molecule has 4 heterocycles. The molecule has 1 aliphatic carbocycles. The molecule has 0 bridgehead atoms. The lowest BCUT2D eigenvalue weighted by Crippen LogP contribution is -2.61. The van der Waals surface area contributed by atoms with E-state index < -0.39 is 0 Å². The zero-order valence-corrected chi connectivity index (χ0v) is 16.3. The lowest BCUT2D eigenvalue weighted by Gasteiger charge is -2.52. The third-order valence-electron chi connectivity index (χ3n) is 7.09. The van der Waals surface area contributed by atoms with Crippen LogP contribution in [0, 0.1) is 5.92 Å². The number of aromatic nitrogens is 2. The number of piperidine rings is 1. The molecule has 1 saturated carbocycles. The van der Waals surface area contributed by atoms with E-state index in [9.17, 15) is 9.59 Å². The number of morpholine rings is 1. The Bertz CT molecular complexity index is 745. The third-order valence-corrected chi connectivity index (χ3v) is 7.09. The highest BCUT2D eigenvalue weighted by Gasteiger charge is 2.50. The Morgan fingerprint density at radius 2 is 2.00 bits per heavy atom. The fraction of sp³-hybridized carbons (Fsp3) is 0.750. The summed E-state index contributed by atoms with van der Waals surface area (Å²) in [5.41, 5.74) is 1.80. The maximum absolute atomic E-state index is 13.2. The van der Waals surface area contributed by atoms with Gasteiger partial charge in [-0.1, -0.05) is 6.42 Å². The molecule has 1 spiro atoms. The van der Waals surface area contributed by atoms with Gasteiger partial charge in [-0.25, -0.2) is 4.98 Å². The Balaban J connectivity index is 1.36. The Labute approximate surface area is 165 Å². The highest BCUT2D eigenvalue weighted by Crippen LogP contribution is 2.44. The average Bonchev–Trinajstić information content (AvgIpc) is 3.18. The van der Waals surface area contributed by atoms with Gasteiger partial charge in [0.1, 0.15) is 6.10 Å². The third kappa shape index (κ3) is 2.85. The van der Waals surface area contributed by atoms with Crippen molar-refractivity contribution in [3.05, 3.63) is 17.7 Å². The standard InChI is InChI=1S/C20H29N5O3/c26-18(14-2-1-3-14)25-8-4-15-17(23-13-22-15)20(25)5-9-24(10-6-20)19(27)16-12-21-7-11-28-16/h13-14,16,21H,1-12H2,(H,22,23)/t16-/m0/s1. The summed E-state index contributed by atoms with van der Waals surface area (Å²) >= 11 is 0. The first-order valence-corrected chi connectivity index (χ1v) is 10.6. The Hall–Kier alpha value is -1.93. The number of fused-ring (bicyclic) bond motifs is 2. The van der Waals surface area contributed by atoms with E-state index in [0.717, 1.165) is 63.0 Å². The summed E-state index contributed by atoms with van der Waals surface area (Å²) in [6.07, 6.45) is 6.86. The Morgan fingerprint density at radius 3 is 2.68 bits per heavy atom. The summed E-state index contributed by atoms with van der Waals surface area (Å²) in [6, 6.07) is 0. The predicted molar refractivity (Wildman–Crippen MR) is 101 cm³/mol. The number of aromatic amines is 1. The second-order valence-electron chi connectivity index (χ2n) is 8.52. The van der Waals surface area contributed by atoms with Gasteiger partial charge in [-0.15, -0.1) is 0 Å². The minimum Gasteiger partial charge on any atom is -0.366 e. The van der Waals surface area contributed by atoms with E-state index in [1.165, 1.54) is 0 Å². The fourth-order valence-electron chi connectivity index (χ4n) is 5.21. The molecule has 3 aliphatic heterocycles. The summed E-state index contributed by atoms with van der Waals surface area (Å²) in [6.45, 7) is 3.98. The highest BCUT2D eigenvalue weighted by atomic mass is 16.5. The van der Waals surface area contributed by atoms with Gasteiger partial charge in [0.25, 0.3) is 5.91 Å². The quantitative estimate of drug-likeness (QED) is 0.767. The first kappa shape index (κ1) is 18.1. The number of H-pyrrole nitrogens is 1. The minimum absolute atomic E-state index is 0.0666. The van der Waals surface area contributed by atoms with Gasteiger partial charge in [-0.05, 0) is 25.7 Å². The molecule has 0 aromatic carbocycles. The van der Waals surface area contributed by atoms with Crippen molar-refractivity contribution >= 4 is 11.8 Å². The molecule has 2 saturated heterocycles. The zero-order chi connectivity index (χ0) is 19.1. The van der Waals surface area contributed by atoms with Crippen LogP contribution in [0.4, 0.5) is 0 Å². The van der Waals surface area contributed by atoms with Crippen LogP contribution in [0.5, 0.6) is 0 Å². The number of rotatable bonds is 2. The molecule has 0 unspecified atom stereocenters. The number of carbonyl (C=O) groups is 2. The number of likely N-dealkylation sites (tertiary alicyclic amines) is 1.